The molecular weight excluding hydrogens is 190 g/mol. The molecule has 4 rings (SSSR count). The van der Waals surface area contributed by atoms with Gasteiger partial charge in [0, 0.05) is 0 Å². The standard InChI is InChI=1S/C12H19NO2/c14-11(15)10-8-1-4-12(10,7-8)9-2-5-13-6-3-9/h8-10,13H,1-7H2,(H,14,15). The van der Waals surface area contributed by atoms with E-state index in [1.54, 1.807) is 0 Å². The number of fused-ring (bicyclic) bond motifs is 1. The van der Waals surface area contributed by atoms with Crippen LogP contribution in [0.1, 0.15) is 32.1 Å². The van der Waals surface area contributed by atoms with Crippen molar-refractivity contribution in [3.05, 3.63) is 0 Å². The van der Waals surface area contributed by atoms with Gasteiger partial charge >= 0.3 is 5.97 Å². The number of rotatable bonds is 2. The molecule has 2 N–H and O–H groups in total. The minimum Gasteiger partial charge on any atom is -0.481 e. The number of piperidine rings is 1. The Morgan fingerprint density at radius 1 is 1.27 bits per heavy atom. The number of carboxylic acid groups (broad SMARTS) is 1. The maximum absolute atomic E-state index is 11.3. The number of nitrogens with one attached hydrogen (secondary N) is 1. The van der Waals surface area contributed by atoms with E-state index < -0.39 is 5.97 Å². The number of carboxylic acids is 1. The monoisotopic (exact) mass is 209 g/mol. The van der Waals surface area contributed by atoms with Crippen LogP contribution in [-0.2, 0) is 4.79 Å². The second kappa shape index (κ2) is 3.21. The van der Waals surface area contributed by atoms with Crippen LogP contribution in [0.25, 0.3) is 0 Å². The van der Waals surface area contributed by atoms with E-state index in [-0.39, 0.29) is 11.3 Å². The first-order valence-corrected chi connectivity index (χ1v) is 6.17. The molecule has 0 aromatic heterocycles. The predicted octanol–water partition coefficient (Wildman–Crippen LogP) is 1.49. The van der Waals surface area contributed by atoms with Gasteiger partial charge in [-0.1, -0.05) is 0 Å². The van der Waals surface area contributed by atoms with Crippen LogP contribution in [0, 0.1) is 23.2 Å². The van der Waals surface area contributed by atoms with Crippen molar-refractivity contribution in [1.82, 2.24) is 5.32 Å². The number of hydrogen-bond donors (Lipinski definition) is 2. The van der Waals surface area contributed by atoms with Crippen molar-refractivity contribution in [3.8, 4) is 0 Å². The van der Waals surface area contributed by atoms with Crippen LogP contribution in [0.2, 0.25) is 0 Å². The zero-order chi connectivity index (χ0) is 10.5. The molecule has 2 bridgehead atoms. The lowest BCUT2D eigenvalue weighted by Crippen LogP contribution is -2.52. The highest BCUT2D eigenvalue weighted by atomic mass is 16.4. The Morgan fingerprint density at radius 2 is 2.00 bits per heavy atom. The Kier molecular flexibility index (Phi) is 2.06. The third-order valence-corrected chi connectivity index (χ3v) is 5.13. The molecule has 4 aliphatic rings. The van der Waals surface area contributed by atoms with Gasteiger partial charge in [-0.15, -0.1) is 0 Å². The topological polar surface area (TPSA) is 49.3 Å². The molecule has 0 aromatic rings. The third-order valence-electron chi connectivity index (χ3n) is 5.13. The summed E-state index contributed by atoms with van der Waals surface area (Å²) >= 11 is 0. The van der Waals surface area contributed by atoms with E-state index >= 15 is 0 Å². The zero-order valence-electron chi connectivity index (χ0n) is 9.04. The summed E-state index contributed by atoms with van der Waals surface area (Å²) in [6, 6.07) is 0. The highest BCUT2D eigenvalue weighted by Crippen LogP contribution is 2.67. The van der Waals surface area contributed by atoms with Crippen LogP contribution in [0.15, 0.2) is 0 Å². The lowest BCUT2D eigenvalue weighted by Gasteiger charge is -2.51. The summed E-state index contributed by atoms with van der Waals surface area (Å²) in [5.74, 6) is 0.666. The maximum atomic E-state index is 11.3. The second-order valence-corrected chi connectivity index (χ2v) is 5.58. The van der Waals surface area contributed by atoms with Crippen LogP contribution in [0.3, 0.4) is 0 Å². The van der Waals surface area contributed by atoms with Gasteiger partial charge in [0.2, 0.25) is 0 Å². The quantitative estimate of drug-likeness (QED) is 0.724. The molecule has 3 unspecified atom stereocenters. The van der Waals surface area contributed by atoms with Crippen molar-refractivity contribution in [3.63, 3.8) is 0 Å². The fraction of sp³-hybridized carbons (Fsp3) is 0.917. The van der Waals surface area contributed by atoms with Crippen molar-refractivity contribution < 1.29 is 9.90 Å². The lowest BCUT2D eigenvalue weighted by atomic mass is 9.53. The van der Waals surface area contributed by atoms with E-state index in [2.05, 4.69) is 5.32 Å². The van der Waals surface area contributed by atoms with Gasteiger partial charge in [0.25, 0.3) is 0 Å². The summed E-state index contributed by atoms with van der Waals surface area (Å²) in [5.41, 5.74) is 0.207. The van der Waals surface area contributed by atoms with Gasteiger partial charge in [-0.05, 0) is 62.4 Å². The largest absolute Gasteiger partial charge is 0.481 e. The normalized spacial score (nSPS) is 45.1. The SMILES string of the molecule is O=C(O)C1C2CCC1(C1CCNCC1)C2. The van der Waals surface area contributed by atoms with Crippen molar-refractivity contribution in [2.75, 3.05) is 13.1 Å². The molecule has 0 spiro atoms. The highest BCUT2D eigenvalue weighted by molar-refractivity contribution is 5.73. The first-order chi connectivity index (χ1) is 7.24. The molecule has 84 valence electrons. The molecule has 3 nitrogen and oxygen atoms in total. The van der Waals surface area contributed by atoms with Gasteiger partial charge in [0.05, 0.1) is 5.92 Å². The van der Waals surface area contributed by atoms with Gasteiger partial charge < -0.3 is 10.4 Å². The molecular formula is C12H19NO2. The van der Waals surface area contributed by atoms with E-state index in [4.69, 9.17) is 0 Å². The molecule has 1 saturated heterocycles. The molecule has 3 atom stereocenters. The first-order valence-electron chi connectivity index (χ1n) is 6.17. The Hall–Kier alpha value is -0.570. The van der Waals surface area contributed by atoms with Gasteiger partial charge in [0.1, 0.15) is 0 Å². The summed E-state index contributed by atoms with van der Waals surface area (Å²) in [4.78, 5) is 11.3. The Morgan fingerprint density at radius 3 is 2.60 bits per heavy atom. The first kappa shape index (κ1) is 9.64. The minimum atomic E-state index is -0.526. The number of aliphatic carboxylic acids is 1. The van der Waals surface area contributed by atoms with Crippen LogP contribution >= 0.6 is 0 Å². The van der Waals surface area contributed by atoms with Crippen molar-refractivity contribution in [2.24, 2.45) is 23.2 Å². The molecule has 4 fully saturated rings. The van der Waals surface area contributed by atoms with Crippen LogP contribution in [-0.4, -0.2) is 24.2 Å². The van der Waals surface area contributed by atoms with E-state index in [0.717, 1.165) is 13.1 Å². The maximum Gasteiger partial charge on any atom is 0.307 e. The van der Waals surface area contributed by atoms with Gasteiger partial charge in [-0.3, -0.25) is 4.79 Å². The predicted molar refractivity (Wildman–Crippen MR) is 56.5 cm³/mol. The van der Waals surface area contributed by atoms with Crippen LogP contribution in [0.4, 0.5) is 0 Å². The molecule has 1 aliphatic heterocycles. The fourth-order valence-electron chi connectivity index (χ4n) is 4.49. The fourth-order valence-corrected chi connectivity index (χ4v) is 4.49. The minimum absolute atomic E-state index is 0.000556. The average Bonchev–Trinajstić information content (AvgIpc) is 2.76. The highest BCUT2D eigenvalue weighted by Gasteiger charge is 2.64. The molecule has 0 aromatic carbocycles. The summed E-state index contributed by atoms with van der Waals surface area (Å²) < 4.78 is 0. The molecule has 3 saturated carbocycles. The number of hydrogen-bond acceptors (Lipinski definition) is 2. The lowest BCUT2D eigenvalue weighted by molar-refractivity contribution is -0.160. The average molecular weight is 209 g/mol. The molecule has 3 aliphatic carbocycles. The van der Waals surface area contributed by atoms with E-state index in [9.17, 15) is 9.90 Å². The molecule has 15 heavy (non-hydrogen) atoms. The van der Waals surface area contributed by atoms with Crippen molar-refractivity contribution >= 4 is 5.97 Å². The third kappa shape index (κ3) is 1.19. The Bertz CT molecular complexity index is 281. The smallest absolute Gasteiger partial charge is 0.307 e. The van der Waals surface area contributed by atoms with Gasteiger partial charge in [-0.2, -0.15) is 0 Å². The zero-order valence-corrected chi connectivity index (χ0v) is 9.04. The molecule has 3 heteroatoms. The van der Waals surface area contributed by atoms with E-state index in [0.29, 0.717) is 11.8 Å². The Balaban J connectivity index is 1.80. The van der Waals surface area contributed by atoms with Gasteiger partial charge in [0.15, 0.2) is 0 Å². The molecule has 0 amide bonds. The molecule has 1 heterocycles. The summed E-state index contributed by atoms with van der Waals surface area (Å²) in [5, 5.41) is 12.7. The van der Waals surface area contributed by atoms with Crippen LogP contribution in [0.5, 0.6) is 0 Å². The second-order valence-electron chi connectivity index (χ2n) is 5.58. The number of carbonyl (C=O) groups is 1. The van der Waals surface area contributed by atoms with E-state index in [1.165, 1.54) is 32.1 Å². The molecule has 0 radical (unpaired) electrons. The Labute approximate surface area is 90.2 Å². The summed E-state index contributed by atoms with van der Waals surface area (Å²) in [7, 11) is 0. The van der Waals surface area contributed by atoms with E-state index in [1.807, 2.05) is 0 Å². The van der Waals surface area contributed by atoms with Gasteiger partial charge in [-0.25, -0.2) is 0 Å². The van der Waals surface area contributed by atoms with Crippen molar-refractivity contribution in [2.45, 2.75) is 32.1 Å². The van der Waals surface area contributed by atoms with Crippen molar-refractivity contribution in [1.29, 1.82) is 0 Å². The summed E-state index contributed by atoms with van der Waals surface area (Å²) in [6.45, 7) is 2.17. The van der Waals surface area contributed by atoms with Crippen LogP contribution < -0.4 is 5.32 Å². The summed E-state index contributed by atoms with van der Waals surface area (Å²) in [6.07, 6.45) is 5.93.